The second-order valence-electron chi connectivity index (χ2n) is 8.46. The number of aliphatic imine (C=N–C) groups is 1. The fourth-order valence-corrected chi connectivity index (χ4v) is 3.58. The van der Waals surface area contributed by atoms with E-state index in [1.807, 2.05) is 56.6 Å². The molecule has 0 unspecified atom stereocenters. The second kappa shape index (κ2) is 11.3. The van der Waals surface area contributed by atoms with Crippen LogP contribution < -0.4 is 5.32 Å². The third-order valence-corrected chi connectivity index (χ3v) is 5.07. The Labute approximate surface area is 196 Å². The van der Waals surface area contributed by atoms with E-state index < -0.39 is 5.60 Å². The van der Waals surface area contributed by atoms with E-state index in [1.165, 1.54) is 0 Å². The number of nitrogens with zero attached hydrogens (tertiary/aromatic N) is 4. The van der Waals surface area contributed by atoms with E-state index in [1.54, 1.807) is 7.05 Å². The summed E-state index contributed by atoms with van der Waals surface area (Å²) in [4.78, 5) is 20.5. The van der Waals surface area contributed by atoms with Gasteiger partial charge in [0.25, 0.3) is 0 Å². The van der Waals surface area contributed by atoms with Crippen LogP contribution >= 0.6 is 35.6 Å². The van der Waals surface area contributed by atoms with E-state index in [0.717, 1.165) is 55.7 Å². The number of aromatic nitrogens is 1. The lowest BCUT2D eigenvalue weighted by Crippen LogP contribution is -2.45. The van der Waals surface area contributed by atoms with Crippen molar-refractivity contribution in [3.8, 4) is 0 Å². The second-order valence-corrected chi connectivity index (χ2v) is 8.89. The molecule has 1 aliphatic rings. The maximum absolute atomic E-state index is 12.2. The minimum Gasteiger partial charge on any atom is -0.444 e. The number of aryl methyl sites for hydroxylation is 1. The maximum Gasteiger partial charge on any atom is 0.410 e. The van der Waals surface area contributed by atoms with Gasteiger partial charge in [0.2, 0.25) is 0 Å². The van der Waals surface area contributed by atoms with Crippen LogP contribution in [-0.2, 0) is 18.3 Å². The highest BCUT2D eigenvalue weighted by Gasteiger charge is 2.27. The van der Waals surface area contributed by atoms with Crippen LogP contribution in [0.3, 0.4) is 0 Å². The van der Waals surface area contributed by atoms with Crippen molar-refractivity contribution in [1.29, 1.82) is 0 Å². The monoisotopic (exact) mass is 539 g/mol. The quantitative estimate of drug-likeness (QED) is 0.358. The van der Waals surface area contributed by atoms with Gasteiger partial charge >= 0.3 is 6.09 Å². The SMILES string of the molecule is CN=C(NCC1CCN(C(=O)OC(C)(C)C)CC1)N(C)Cc1cc(Cl)cn1C.I. The number of guanidine groups is 1. The molecule has 0 radical (unpaired) electrons. The van der Waals surface area contributed by atoms with E-state index in [0.29, 0.717) is 5.92 Å². The molecule has 2 rings (SSSR count). The smallest absolute Gasteiger partial charge is 0.410 e. The van der Waals surface area contributed by atoms with Gasteiger partial charge in [0, 0.05) is 52.7 Å². The van der Waals surface area contributed by atoms with E-state index in [4.69, 9.17) is 16.3 Å². The molecular formula is C20H35ClIN5O2. The molecular weight excluding hydrogens is 505 g/mol. The Bertz CT molecular complexity index is 694. The molecule has 1 fully saturated rings. The van der Waals surface area contributed by atoms with Crippen LogP contribution in [0, 0.1) is 5.92 Å². The Morgan fingerprint density at radius 1 is 1.38 bits per heavy atom. The van der Waals surface area contributed by atoms with Crippen LogP contribution in [-0.4, -0.2) is 65.8 Å². The van der Waals surface area contributed by atoms with Crippen molar-refractivity contribution in [2.24, 2.45) is 18.0 Å². The van der Waals surface area contributed by atoms with Gasteiger partial charge in [-0.3, -0.25) is 4.99 Å². The molecule has 0 bridgehead atoms. The van der Waals surface area contributed by atoms with Crippen LogP contribution in [0.5, 0.6) is 0 Å². The molecule has 1 aromatic heterocycles. The van der Waals surface area contributed by atoms with Gasteiger partial charge in [-0.25, -0.2) is 4.79 Å². The van der Waals surface area contributed by atoms with Gasteiger partial charge in [-0.05, 0) is 45.6 Å². The predicted molar refractivity (Wildman–Crippen MR) is 129 cm³/mol. The topological polar surface area (TPSA) is 62.1 Å². The molecule has 0 aromatic carbocycles. The molecule has 0 atom stereocenters. The van der Waals surface area contributed by atoms with Gasteiger partial charge < -0.3 is 24.4 Å². The van der Waals surface area contributed by atoms with E-state index in [-0.39, 0.29) is 30.1 Å². The molecule has 1 N–H and O–H groups in total. The van der Waals surface area contributed by atoms with E-state index in [2.05, 4.69) is 15.2 Å². The van der Waals surface area contributed by atoms with Crippen molar-refractivity contribution in [3.05, 3.63) is 23.0 Å². The molecule has 166 valence electrons. The van der Waals surface area contributed by atoms with Gasteiger partial charge in [-0.15, -0.1) is 24.0 Å². The fourth-order valence-electron chi connectivity index (χ4n) is 3.31. The lowest BCUT2D eigenvalue weighted by Gasteiger charge is -2.34. The van der Waals surface area contributed by atoms with Crippen molar-refractivity contribution in [3.63, 3.8) is 0 Å². The molecule has 0 spiro atoms. The number of piperidine rings is 1. The van der Waals surface area contributed by atoms with Crippen LogP contribution in [0.15, 0.2) is 17.3 Å². The summed E-state index contributed by atoms with van der Waals surface area (Å²) in [5, 5.41) is 4.21. The summed E-state index contributed by atoms with van der Waals surface area (Å²) in [5.41, 5.74) is 0.677. The number of likely N-dealkylation sites (tertiary alicyclic amines) is 1. The highest BCUT2D eigenvalue weighted by atomic mass is 127. The number of hydrogen-bond acceptors (Lipinski definition) is 3. The number of rotatable bonds is 4. The standard InChI is InChI=1S/C20H34ClN5O2.HI/c1-20(2,3)28-19(27)26-9-7-15(8-10-26)12-23-18(22-4)25(6)14-17-11-16(21)13-24(17)5;/h11,13,15H,7-10,12,14H2,1-6H3,(H,22,23);1H. The largest absolute Gasteiger partial charge is 0.444 e. The van der Waals surface area contributed by atoms with Crippen LogP contribution in [0.4, 0.5) is 4.79 Å². The molecule has 9 heteroatoms. The summed E-state index contributed by atoms with van der Waals surface area (Å²) < 4.78 is 7.49. The molecule has 29 heavy (non-hydrogen) atoms. The zero-order chi connectivity index (χ0) is 20.9. The Morgan fingerprint density at radius 3 is 2.48 bits per heavy atom. The highest BCUT2D eigenvalue weighted by Crippen LogP contribution is 2.19. The minimum atomic E-state index is -0.449. The summed E-state index contributed by atoms with van der Waals surface area (Å²) in [6.07, 6.45) is 3.61. The molecule has 0 aliphatic carbocycles. The number of carbonyl (C=O) groups excluding carboxylic acids is 1. The summed E-state index contributed by atoms with van der Waals surface area (Å²) in [6, 6.07) is 1.97. The first-order chi connectivity index (χ1) is 13.1. The van der Waals surface area contributed by atoms with Gasteiger partial charge in [0.05, 0.1) is 11.6 Å². The predicted octanol–water partition coefficient (Wildman–Crippen LogP) is 3.95. The molecule has 1 amide bonds. The van der Waals surface area contributed by atoms with Crippen molar-refractivity contribution in [2.75, 3.05) is 33.7 Å². The molecule has 1 aromatic rings. The Balaban J connectivity index is 0.00000420. The van der Waals surface area contributed by atoms with Gasteiger partial charge in [0.1, 0.15) is 5.60 Å². The summed E-state index contributed by atoms with van der Waals surface area (Å²) >= 11 is 6.07. The maximum atomic E-state index is 12.2. The molecule has 7 nitrogen and oxygen atoms in total. The number of nitrogens with one attached hydrogen (secondary N) is 1. The van der Waals surface area contributed by atoms with Crippen molar-refractivity contribution in [2.45, 2.75) is 45.8 Å². The van der Waals surface area contributed by atoms with Crippen molar-refractivity contribution in [1.82, 2.24) is 19.7 Å². The average Bonchev–Trinajstić information content (AvgIpc) is 2.91. The van der Waals surface area contributed by atoms with Gasteiger partial charge in [0.15, 0.2) is 5.96 Å². The first kappa shape index (κ1) is 25.9. The number of carbonyl (C=O) groups is 1. The Morgan fingerprint density at radius 2 is 2.00 bits per heavy atom. The van der Waals surface area contributed by atoms with E-state index >= 15 is 0 Å². The third-order valence-electron chi connectivity index (χ3n) is 4.86. The summed E-state index contributed by atoms with van der Waals surface area (Å²) in [7, 11) is 5.80. The van der Waals surface area contributed by atoms with Crippen LogP contribution in [0.1, 0.15) is 39.3 Å². The molecule has 0 saturated carbocycles. The zero-order valence-corrected chi connectivity index (χ0v) is 21.5. The summed E-state index contributed by atoms with van der Waals surface area (Å²) in [6.45, 7) is 8.72. The summed E-state index contributed by atoms with van der Waals surface area (Å²) in [5.74, 6) is 1.36. The van der Waals surface area contributed by atoms with E-state index in [9.17, 15) is 4.79 Å². The van der Waals surface area contributed by atoms with Crippen molar-refractivity contribution >= 4 is 47.6 Å². The normalized spacial score (nSPS) is 15.7. The molecule has 2 heterocycles. The lowest BCUT2D eigenvalue weighted by atomic mass is 9.97. The number of ether oxygens (including phenoxy) is 1. The Hall–Kier alpha value is -1.16. The first-order valence-electron chi connectivity index (χ1n) is 9.79. The zero-order valence-electron chi connectivity index (χ0n) is 18.4. The third kappa shape index (κ3) is 8.24. The first-order valence-corrected chi connectivity index (χ1v) is 10.2. The molecule has 1 saturated heterocycles. The number of halogens is 2. The minimum absolute atomic E-state index is 0. The molecule has 1 aliphatic heterocycles. The van der Waals surface area contributed by atoms with Crippen molar-refractivity contribution < 1.29 is 9.53 Å². The average molecular weight is 540 g/mol. The van der Waals surface area contributed by atoms with Crippen LogP contribution in [0.25, 0.3) is 0 Å². The number of hydrogen-bond donors (Lipinski definition) is 1. The van der Waals surface area contributed by atoms with Gasteiger partial charge in [-0.1, -0.05) is 11.6 Å². The Kier molecular flexibility index (Phi) is 10.1. The fraction of sp³-hybridized carbons (Fsp3) is 0.700. The van der Waals surface area contributed by atoms with Crippen LogP contribution in [0.2, 0.25) is 5.02 Å². The van der Waals surface area contributed by atoms with Gasteiger partial charge in [-0.2, -0.15) is 0 Å². The number of amides is 1. The highest BCUT2D eigenvalue weighted by molar-refractivity contribution is 14.0. The lowest BCUT2D eigenvalue weighted by molar-refractivity contribution is 0.0185.